The van der Waals surface area contributed by atoms with Crippen molar-refractivity contribution in [2.24, 2.45) is 5.73 Å². The molecule has 10 heteroatoms. The summed E-state index contributed by atoms with van der Waals surface area (Å²) in [5, 5.41) is 8.08. The summed E-state index contributed by atoms with van der Waals surface area (Å²) in [6, 6.07) is 7.68. The Hall–Kier alpha value is -2.69. The number of benzene rings is 1. The number of fused-ring (bicyclic) bond motifs is 3. The molecule has 7 nitrogen and oxygen atoms in total. The summed E-state index contributed by atoms with van der Waals surface area (Å²) >= 11 is 0. The zero-order chi connectivity index (χ0) is 23.8. The van der Waals surface area contributed by atoms with Crippen molar-refractivity contribution in [1.82, 2.24) is 25.0 Å². The minimum atomic E-state index is -2.50. The molecule has 1 saturated heterocycles. The lowest BCUT2D eigenvalue weighted by Crippen LogP contribution is -2.58. The van der Waals surface area contributed by atoms with Crippen LogP contribution in [-0.2, 0) is 6.42 Å². The quantitative estimate of drug-likeness (QED) is 0.524. The van der Waals surface area contributed by atoms with Gasteiger partial charge in [0.15, 0.2) is 0 Å². The predicted octanol–water partition coefficient (Wildman–Crippen LogP) is 2.94. The first-order valence-electron chi connectivity index (χ1n) is 11.7. The molecule has 3 aromatic rings. The average Bonchev–Trinajstić information content (AvgIpc) is 3.28. The van der Waals surface area contributed by atoms with Crippen molar-refractivity contribution in [1.29, 1.82) is 0 Å². The summed E-state index contributed by atoms with van der Waals surface area (Å²) in [6.07, 6.45) is 1.55. The number of alkyl halides is 3. The van der Waals surface area contributed by atoms with E-state index in [2.05, 4.69) is 20.0 Å². The summed E-state index contributed by atoms with van der Waals surface area (Å²) in [4.78, 5) is 10.8. The lowest BCUT2D eigenvalue weighted by molar-refractivity contribution is 0.0422. The zero-order valence-electron chi connectivity index (χ0n) is 19.2. The summed E-state index contributed by atoms with van der Waals surface area (Å²) < 4.78 is 39.4. The van der Waals surface area contributed by atoms with Crippen LogP contribution >= 0.6 is 0 Å². The smallest absolute Gasteiger partial charge is 0.251 e. The molecule has 0 amide bonds. The van der Waals surface area contributed by atoms with Crippen molar-refractivity contribution in [3.8, 4) is 0 Å². The number of likely N-dealkylation sites (tertiary alicyclic amines) is 1. The fourth-order valence-electron chi connectivity index (χ4n) is 5.23. The van der Waals surface area contributed by atoms with Crippen LogP contribution in [0.3, 0.4) is 0 Å². The van der Waals surface area contributed by atoms with Gasteiger partial charge in [-0.3, -0.25) is 24.3 Å². The molecule has 0 aliphatic carbocycles. The van der Waals surface area contributed by atoms with E-state index in [0.29, 0.717) is 24.6 Å². The van der Waals surface area contributed by atoms with Gasteiger partial charge in [-0.15, -0.1) is 0 Å². The Bertz CT molecular complexity index is 1110. The number of halogens is 3. The van der Waals surface area contributed by atoms with Crippen LogP contribution in [-0.4, -0.2) is 83.5 Å². The molecule has 0 saturated carbocycles. The Labute approximate surface area is 196 Å². The number of pyridine rings is 1. The first kappa shape index (κ1) is 23.1. The lowest BCUT2D eigenvalue weighted by atomic mass is 9.87. The van der Waals surface area contributed by atoms with Crippen LogP contribution < -0.4 is 10.6 Å². The number of likely N-dealkylation sites (N-methyl/N-ethyl adjacent to an activating group) is 1. The van der Waals surface area contributed by atoms with Gasteiger partial charge in [0.05, 0.1) is 60.8 Å². The summed E-state index contributed by atoms with van der Waals surface area (Å²) in [5.74, 6) is 0. The molecule has 3 N–H and O–H groups in total. The van der Waals surface area contributed by atoms with Gasteiger partial charge in [-0.05, 0) is 35.7 Å². The molecule has 182 valence electrons. The number of nitrogens with zero attached hydrogens (tertiary/aromatic N) is 5. The van der Waals surface area contributed by atoms with Gasteiger partial charge in [-0.25, -0.2) is 8.78 Å². The second-order valence-electron chi connectivity index (χ2n) is 9.23. The normalized spacial score (nSPS) is 21.7. The van der Waals surface area contributed by atoms with E-state index in [4.69, 9.17) is 10.7 Å². The molecule has 2 atom stereocenters. The molecule has 34 heavy (non-hydrogen) atoms. The molecule has 1 fully saturated rings. The minimum Gasteiger partial charge on any atom is -0.368 e. The van der Waals surface area contributed by atoms with Crippen molar-refractivity contribution >= 4 is 16.6 Å². The molecule has 5 rings (SSSR count). The highest BCUT2D eigenvalue weighted by molar-refractivity contribution is 5.83. The summed E-state index contributed by atoms with van der Waals surface area (Å²) in [7, 11) is 2.03. The van der Waals surface area contributed by atoms with E-state index < -0.39 is 25.2 Å². The maximum atomic E-state index is 13.5. The molecule has 2 aliphatic rings. The van der Waals surface area contributed by atoms with Crippen LogP contribution in [0.25, 0.3) is 10.9 Å². The van der Waals surface area contributed by atoms with Gasteiger partial charge in [0.2, 0.25) is 0 Å². The monoisotopic (exact) mass is 473 g/mol. The van der Waals surface area contributed by atoms with Gasteiger partial charge in [-0.1, -0.05) is 6.07 Å². The van der Waals surface area contributed by atoms with E-state index in [-0.39, 0.29) is 6.67 Å². The number of aromatic nitrogens is 3. The van der Waals surface area contributed by atoms with E-state index >= 15 is 0 Å². The van der Waals surface area contributed by atoms with Crippen LogP contribution in [0.2, 0.25) is 0 Å². The number of H-pyrrole nitrogens is 1. The molecule has 0 unspecified atom stereocenters. The second-order valence-corrected chi connectivity index (χ2v) is 9.23. The number of hydrogen-bond acceptors (Lipinski definition) is 6. The van der Waals surface area contributed by atoms with Crippen molar-refractivity contribution in [2.75, 3.05) is 44.8 Å². The molecular weight excluding hydrogens is 443 g/mol. The molecule has 1 aromatic carbocycles. The molecule has 0 radical (unpaired) electrons. The highest BCUT2D eigenvalue weighted by atomic mass is 19.3. The first-order chi connectivity index (χ1) is 16.5. The van der Waals surface area contributed by atoms with Crippen molar-refractivity contribution in [3.63, 3.8) is 0 Å². The maximum absolute atomic E-state index is 13.5. The summed E-state index contributed by atoms with van der Waals surface area (Å²) in [5.41, 5.74) is 10.9. The average molecular weight is 474 g/mol. The fraction of sp³-hybridized carbons (Fsp3) is 0.500. The SMILES string of the molecule is CN(c1ccc([C@@H]2c3ccc4[nH]ncc4c3C[C@@H](N)N2CC(F)F)nc1)C1CN(CCCF)C1. The molecule has 2 aromatic heterocycles. The van der Waals surface area contributed by atoms with E-state index in [0.717, 1.165) is 47.4 Å². The minimum absolute atomic E-state index is 0.287. The number of nitrogens with two attached hydrogens (primary N) is 1. The Kier molecular flexibility index (Phi) is 6.46. The van der Waals surface area contributed by atoms with Gasteiger partial charge < -0.3 is 10.6 Å². The lowest BCUT2D eigenvalue weighted by Gasteiger charge is -2.45. The first-order valence-corrected chi connectivity index (χ1v) is 11.7. The van der Waals surface area contributed by atoms with Crippen molar-refractivity contribution in [2.45, 2.75) is 37.5 Å². The molecule has 4 heterocycles. The highest BCUT2D eigenvalue weighted by Gasteiger charge is 2.37. The van der Waals surface area contributed by atoms with Crippen molar-refractivity contribution in [3.05, 3.63) is 53.5 Å². The molecular formula is C24H30F3N7. The van der Waals surface area contributed by atoms with Crippen LogP contribution in [0, 0.1) is 0 Å². The topological polar surface area (TPSA) is 77.3 Å². The number of hydrogen-bond donors (Lipinski definition) is 2. The van der Waals surface area contributed by atoms with Gasteiger partial charge in [0.1, 0.15) is 0 Å². The van der Waals surface area contributed by atoms with E-state index in [1.807, 2.05) is 31.3 Å². The maximum Gasteiger partial charge on any atom is 0.251 e. The van der Waals surface area contributed by atoms with Gasteiger partial charge >= 0.3 is 0 Å². The third-order valence-corrected chi connectivity index (χ3v) is 7.14. The zero-order valence-corrected chi connectivity index (χ0v) is 19.2. The third-order valence-electron chi connectivity index (χ3n) is 7.14. The Morgan fingerprint density at radius 2 is 2.03 bits per heavy atom. The molecule has 0 spiro atoms. The van der Waals surface area contributed by atoms with Gasteiger partial charge in [0.25, 0.3) is 6.43 Å². The van der Waals surface area contributed by atoms with Gasteiger partial charge in [0, 0.05) is 38.5 Å². The Balaban J connectivity index is 1.42. The predicted molar refractivity (Wildman–Crippen MR) is 126 cm³/mol. The van der Waals surface area contributed by atoms with Crippen LogP contribution in [0.5, 0.6) is 0 Å². The van der Waals surface area contributed by atoms with E-state index in [1.165, 1.54) is 0 Å². The number of aromatic amines is 1. The van der Waals surface area contributed by atoms with E-state index in [1.54, 1.807) is 17.3 Å². The standard InChI is InChI=1S/C24H30F3N7/c1-32(16-12-33(13-16)8-2-7-25)15-3-5-21(29-10-15)24-17-4-6-20-19(11-30-31-20)18(17)9-23(28)34(24)14-22(26)27/h3-6,10-11,16,22-24H,2,7-9,12-14,28H2,1H3,(H,30,31)/t23-,24-/m0/s1. The number of rotatable bonds is 8. The van der Waals surface area contributed by atoms with Crippen LogP contribution in [0.4, 0.5) is 18.9 Å². The van der Waals surface area contributed by atoms with Gasteiger partial charge in [-0.2, -0.15) is 5.10 Å². The Morgan fingerprint density at radius 3 is 2.74 bits per heavy atom. The third kappa shape index (κ3) is 4.25. The summed E-state index contributed by atoms with van der Waals surface area (Å²) in [6.45, 7) is 1.86. The van der Waals surface area contributed by atoms with Crippen molar-refractivity contribution < 1.29 is 13.2 Å². The largest absolute Gasteiger partial charge is 0.368 e. The highest BCUT2D eigenvalue weighted by Crippen LogP contribution is 2.39. The Morgan fingerprint density at radius 1 is 1.21 bits per heavy atom. The molecule has 0 bridgehead atoms. The fourth-order valence-corrected chi connectivity index (χ4v) is 5.23. The van der Waals surface area contributed by atoms with Crippen LogP contribution in [0.15, 0.2) is 36.7 Å². The second kappa shape index (κ2) is 9.52. The number of nitrogens with one attached hydrogen (secondary N) is 1. The molecule has 2 aliphatic heterocycles. The van der Waals surface area contributed by atoms with E-state index in [9.17, 15) is 13.2 Å². The number of anilines is 1. The van der Waals surface area contributed by atoms with Crippen LogP contribution in [0.1, 0.15) is 29.3 Å².